The topological polar surface area (TPSA) is 46.5 Å². The molecule has 6 heteroatoms. The number of aliphatic carboxylic acids is 1. The Kier molecular flexibility index (Phi) is 11.1. The summed E-state index contributed by atoms with van der Waals surface area (Å²) in [5.74, 6) is 21.8. The zero-order valence-electron chi connectivity index (χ0n) is 15.7. The van der Waals surface area contributed by atoms with Gasteiger partial charge in [0.15, 0.2) is 0 Å². The van der Waals surface area contributed by atoms with Gasteiger partial charge in [-0.25, -0.2) is 0 Å². The molecule has 0 atom stereocenters. The SMILES string of the molecule is O=C(O)CCCC#CCC#CCC#CCC#CCOc1cccc(C(F)(F)F)c1. The molecule has 3 nitrogen and oxygen atoms in total. The number of carboxylic acids is 1. The van der Waals surface area contributed by atoms with Crippen molar-refractivity contribution in [3.05, 3.63) is 29.8 Å². The van der Waals surface area contributed by atoms with Crippen molar-refractivity contribution >= 4 is 5.97 Å². The molecule has 0 saturated heterocycles. The molecule has 0 bridgehead atoms. The van der Waals surface area contributed by atoms with Crippen molar-refractivity contribution in [1.82, 2.24) is 0 Å². The molecule has 0 heterocycles. The van der Waals surface area contributed by atoms with Crippen LogP contribution in [0, 0.1) is 47.4 Å². The highest BCUT2D eigenvalue weighted by Gasteiger charge is 2.30. The van der Waals surface area contributed by atoms with Crippen LogP contribution in [0.3, 0.4) is 0 Å². The number of rotatable bonds is 5. The lowest BCUT2D eigenvalue weighted by molar-refractivity contribution is -0.138. The number of halogens is 3. The second-order valence-electron chi connectivity index (χ2n) is 5.51. The molecule has 1 aromatic rings. The van der Waals surface area contributed by atoms with Gasteiger partial charge in [0.25, 0.3) is 0 Å². The van der Waals surface area contributed by atoms with Crippen molar-refractivity contribution < 1.29 is 27.8 Å². The van der Waals surface area contributed by atoms with E-state index in [0.29, 0.717) is 32.1 Å². The van der Waals surface area contributed by atoms with Crippen LogP contribution < -0.4 is 4.74 Å². The van der Waals surface area contributed by atoms with Crippen LogP contribution in [-0.4, -0.2) is 17.7 Å². The summed E-state index contributed by atoms with van der Waals surface area (Å²) in [6.07, 6.45) is -2.08. The van der Waals surface area contributed by atoms with Gasteiger partial charge in [-0.1, -0.05) is 47.5 Å². The molecule has 0 unspecified atom stereocenters. The third-order valence-electron chi connectivity index (χ3n) is 3.20. The minimum atomic E-state index is -4.40. The molecule has 0 aliphatic rings. The summed E-state index contributed by atoms with van der Waals surface area (Å²) in [5.41, 5.74) is -0.765. The van der Waals surface area contributed by atoms with Crippen molar-refractivity contribution in [3.63, 3.8) is 0 Å². The van der Waals surface area contributed by atoms with Gasteiger partial charge in [0.1, 0.15) is 12.4 Å². The molecule has 0 aliphatic carbocycles. The Morgan fingerprint density at radius 3 is 2.10 bits per heavy atom. The lowest BCUT2D eigenvalue weighted by Crippen LogP contribution is -2.05. The minimum absolute atomic E-state index is 0.0199. The van der Waals surface area contributed by atoms with Crippen LogP contribution in [0.4, 0.5) is 13.2 Å². The van der Waals surface area contributed by atoms with E-state index >= 15 is 0 Å². The fraction of sp³-hybridized carbons (Fsp3) is 0.348. The van der Waals surface area contributed by atoms with Gasteiger partial charge in [-0.3, -0.25) is 4.79 Å². The Bertz CT molecular complexity index is 917. The fourth-order valence-electron chi connectivity index (χ4n) is 1.86. The van der Waals surface area contributed by atoms with Gasteiger partial charge in [-0.15, -0.1) is 5.92 Å². The maximum atomic E-state index is 12.6. The highest BCUT2D eigenvalue weighted by molar-refractivity contribution is 5.66. The maximum Gasteiger partial charge on any atom is 0.416 e. The Morgan fingerprint density at radius 2 is 1.52 bits per heavy atom. The summed E-state index contributed by atoms with van der Waals surface area (Å²) >= 11 is 0. The highest BCUT2D eigenvalue weighted by Crippen LogP contribution is 2.31. The second-order valence-corrected chi connectivity index (χ2v) is 5.51. The fourth-order valence-corrected chi connectivity index (χ4v) is 1.86. The number of ether oxygens (including phenoxy) is 1. The molecule has 0 radical (unpaired) electrons. The van der Waals surface area contributed by atoms with Crippen LogP contribution in [0.25, 0.3) is 0 Å². The number of hydrogen-bond donors (Lipinski definition) is 1. The summed E-state index contributed by atoms with van der Waals surface area (Å²) in [5, 5.41) is 8.47. The van der Waals surface area contributed by atoms with E-state index in [0.717, 1.165) is 12.1 Å². The van der Waals surface area contributed by atoms with Gasteiger partial charge in [-0.2, -0.15) is 13.2 Å². The number of hydrogen-bond acceptors (Lipinski definition) is 2. The first kappa shape index (κ1) is 23.6. The molecule has 1 rings (SSSR count). The Balaban J connectivity index is 2.20. The molecule has 1 aromatic carbocycles. The first-order chi connectivity index (χ1) is 13.9. The zero-order chi connectivity index (χ0) is 21.4. The van der Waals surface area contributed by atoms with E-state index in [9.17, 15) is 18.0 Å². The van der Waals surface area contributed by atoms with E-state index < -0.39 is 17.7 Å². The molecule has 0 aliphatic heterocycles. The first-order valence-electron chi connectivity index (χ1n) is 8.74. The summed E-state index contributed by atoms with van der Waals surface area (Å²) < 4.78 is 42.9. The van der Waals surface area contributed by atoms with Crippen molar-refractivity contribution in [2.75, 3.05) is 6.61 Å². The van der Waals surface area contributed by atoms with E-state index in [4.69, 9.17) is 9.84 Å². The van der Waals surface area contributed by atoms with Gasteiger partial charge in [-0.05, 0) is 24.6 Å². The van der Waals surface area contributed by atoms with E-state index in [2.05, 4.69) is 47.4 Å². The lowest BCUT2D eigenvalue weighted by atomic mass is 10.2. The smallest absolute Gasteiger partial charge is 0.416 e. The van der Waals surface area contributed by atoms with E-state index in [-0.39, 0.29) is 18.8 Å². The molecule has 0 spiro atoms. The van der Waals surface area contributed by atoms with Gasteiger partial charge >= 0.3 is 12.1 Å². The zero-order valence-corrected chi connectivity index (χ0v) is 15.7. The van der Waals surface area contributed by atoms with Crippen molar-refractivity contribution in [2.24, 2.45) is 0 Å². The van der Waals surface area contributed by atoms with E-state index in [1.165, 1.54) is 12.1 Å². The molecule has 0 aromatic heterocycles. The second kappa shape index (κ2) is 13.7. The molecule has 0 amide bonds. The quantitative estimate of drug-likeness (QED) is 0.584. The third-order valence-corrected chi connectivity index (χ3v) is 3.20. The number of carbonyl (C=O) groups is 1. The number of alkyl halides is 3. The largest absolute Gasteiger partial charge is 0.481 e. The lowest BCUT2D eigenvalue weighted by Gasteiger charge is -2.08. The van der Waals surface area contributed by atoms with Crippen LogP contribution >= 0.6 is 0 Å². The summed E-state index contributed by atoms with van der Waals surface area (Å²) in [6.45, 7) is -0.0199. The van der Waals surface area contributed by atoms with Gasteiger partial charge in [0.05, 0.1) is 24.8 Å². The highest BCUT2D eigenvalue weighted by atomic mass is 19.4. The molecule has 1 N–H and O–H groups in total. The van der Waals surface area contributed by atoms with Crippen LogP contribution in [0.5, 0.6) is 5.75 Å². The molecule has 29 heavy (non-hydrogen) atoms. The monoisotopic (exact) mass is 400 g/mol. The van der Waals surface area contributed by atoms with E-state index in [1.807, 2.05) is 0 Å². The van der Waals surface area contributed by atoms with Gasteiger partial charge in [0.2, 0.25) is 0 Å². The van der Waals surface area contributed by atoms with Crippen LogP contribution in [0.2, 0.25) is 0 Å². The van der Waals surface area contributed by atoms with Crippen LogP contribution in [0.1, 0.15) is 44.1 Å². The predicted octanol–water partition coefficient (Wildman–Crippen LogP) is 4.52. The Labute approximate surface area is 168 Å². The number of unbranched alkanes of at least 4 members (excludes halogenated alkanes) is 1. The average molecular weight is 400 g/mol. The maximum absolute atomic E-state index is 12.6. The molecular weight excluding hydrogens is 381 g/mol. The summed E-state index contributed by atoms with van der Waals surface area (Å²) in [7, 11) is 0. The predicted molar refractivity (Wildman–Crippen MR) is 103 cm³/mol. The minimum Gasteiger partial charge on any atom is -0.481 e. The number of carboxylic acid groups (broad SMARTS) is 1. The van der Waals surface area contributed by atoms with E-state index in [1.54, 1.807) is 0 Å². The average Bonchev–Trinajstić information content (AvgIpc) is 2.67. The molecular formula is C23H19F3O3. The third kappa shape index (κ3) is 12.5. The summed E-state index contributed by atoms with van der Waals surface area (Å²) in [4.78, 5) is 10.3. The normalized spacial score (nSPS) is 9.34. The Morgan fingerprint density at radius 1 is 0.931 bits per heavy atom. The Hall–Kier alpha value is -3.48. The van der Waals surface area contributed by atoms with Gasteiger partial charge < -0.3 is 9.84 Å². The number of benzene rings is 1. The summed E-state index contributed by atoms with van der Waals surface area (Å²) in [6, 6.07) is 4.63. The van der Waals surface area contributed by atoms with Crippen LogP contribution in [0.15, 0.2) is 24.3 Å². The van der Waals surface area contributed by atoms with Crippen molar-refractivity contribution in [1.29, 1.82) is 0 Å². The van der Waals surface area contributed by atoms with Crippen LogP contribution in [-0.2, 0) is 11.0 Å². The van der Waals surface area contributed by atoms with Crippen molar-refractivity contribution in [2.45, 2.75) is 44.7 Å². The van der Waals surface area contributed by atoms with Crippen molar-refractivity contribution in [3.8, 4) is 53.1 Å². The molecule has 0 saturated carbocycles. The molecule has 150 valence electrons. The molecule has 0 fully saturated rings. The standard InChI is InChI=1S/C23H19F3O3/c24-23(25,26)20-15-14-16-21(19-20)29-18-13-11-9-7-5-3-1-2-4-6-8-10-12-17-22(27)28/h14-16,19H,3-4,9-10,12,17-18H2,(H,27,28). The first-order valence-corrected chi connectivity index (χ1v) is 8.74. The van der Waals surface area contributed by atoms with Gasteiger partial charge in [0, 0.05) is 12.8 Å².